The van der Waals surface area contributed by atoms with E-state index in [1.165, 1.54) is 0 Å². The lowest BCUT2D eigenvalue weighted by molar-refractivity contribution is -0.117. The van der Waals surface area contributed by atoms with Crippen LogP contribution in [-0.4, -0.2) is 11.8 Å². The van der Waals surface area contributed by atoms with Gasteiger partial charge in [-0.1, -0.05) is 36.4 Å². The first-order valence-electron chi connectivity index (χ1n) is 10.1. The fourth-order valence-corrected chi connectivity index (χ4v) is 4.23. The van der Waals surface area contributed by atoms with Crippen LogP contribution in [0.15, 0.2) is 65.6 Å². The number of amides is 2. The van der Waals surface area contributed by atoms with Crippen LogP contribution in [-0.2, 0) is 9.59 Å². The van der Waals surface area contributed by atoms with Crippen molar-refractivity contribution in [3.8, 4) is 0 Å². The normalized spacial score (nSPS) is 13.9. The summed E-state index contributed by atoms with van der Waals surface area (Å²) in [5.41, 5.74) is -0.136. The molecular formula is C24H18F4N2O2S. The average Bonchev–Trinajstić information content (AvgIpc) is 3.65. The maximum atomic E-state index is 14.1. The van der Waals surface area contributed by atoms with Crippen LogP contribution in [0.4, 0.5) is 28.9 Å². The van der Waals surface area contributed by atoms with Crippen LogP contribution in [0.2, 0.25) is 0 Å². The molecule has 33 heavy (non-hydrogen) atoms. The third-order valence-corrected chi connectivity index (χ3v) is 6.25. The number of hydrogen-bond acceptors (Lipinski definition) is 3. The first-order valence-corrected chi connectivity index (χ1v) is 11.0. The van der Waals surface area contributed by atoms with E-state index in [0.29, 0.717) is 16.1 Å². The summed E-state index contributed by atoms with van der Waals surface area (Å²) in [7, 11) is 0. The predicted octanol–water partition coefficient (Wildman–Crippen LogP) is 6.06. The van der Waals surface area contributed by atoms with Crippen molar-refractivity contribution < 1.29 is 27.2 Å². The number of anilines is 2. The number of halogens is 4. The maximum absolute atomic E-state index is 14.1. The lowest BCUT2D eigenvalue weighted by Crippen LogP contribution is -2.21. The molecule has 1 fully saturated rings. The molecule has 0 aliphatic heterocycles. The van der Waals surface area contributed by atoms with Gasteiger partial charge in [-0.3, -0.25) is 9.59 Å². The van der Waals surface area contributed by atoms with Gasteiger partial charge in [0.25, 0.3) is 0 Å². The van der Waals surface area contributed by atoms with Crippen molar-refractivity contribution in [1.29, 1.82) is 0 Å². The van der Waals surface area contributed by atoms with Crippen molar-refractivity contribution in [2.24, 2.45) is 5.92 Å². The molecule has 4 rings (SSSR count). The highest BCUT2D eigenvalue weighted by Gasteiger charge is 2.30. The SMILES string of the molecule is O=C(Nc1cccc(SC(C(=O)Nc2c(F)c(F)cc(F)c2F)c2ccccc2)c1)C1CC1. The van der Waals surface area contributed by atoms with E-state index in [4.69, 9.17) is 0 Å². The molecule has 170 valence electrons. The monoisotopic (exact) mass is 474 g/mol. The van der Waals surface area contributed by atoms with E-state index < -0.39 is 40.1 Å². The van der Waals surface area contributed by atoms with Crippen LogP contribution in [0.25, 0.3) is 0 Å². The molecule has 2 N–H and O–H groups in total. The standard InChI is InChI=1S/C24H18F4N2O2S/c25-17-12-18(26)20(28)21(19(17)27)30-24(32)22(13-5-2-1-3-6-13)33-16-8-4-7-15(11-16)29-23(31)14-9-10-14/h1-8,11-12,14,22H,9-10H2,(H,29,31)(H,30,32). The number of carbonyl (C=O) groups is 2. The van der Waals surface area contributed by atoms with Crippen LogP contribution in [0.1, 0.15) is 23.7 Å². The number of rotatable bonds is 7. The summed E-state index contributed by atoms with van der Waals surface area (Å²) >= 11 is 1.06. The highest BCUT2D eigenvalue weighted by molar-refractivity contribution is 8.00. The van der Waals surface area contributed by atoms with E-state index in [-0.39, 0.29) is 17.9 Å². The first-order chi connectivity index (χ1) is 15.8. The molecule has 1 saturated carbocycles. The largest absolute Gasteiger partial charge is 0.326 e. The number of carbonyl (C=O) groups excluding carboxylic acids is 2. The molecule has 0 saturated heterocycles. The van der Waals surface area contributed by atoms with Crippen molar-refractivity contribution in [1.82, 2.24) is 0 Å². The lowest BCUT2D eigenvalue weighted by Gasteiger charge is -2.18. The van der Waals surface area contributed by atoms with Crippen molar-refractivity contribution >= 4 is 35.0 Å². The van der Waals surface area contributed by atoms with E-state index in [1.54, 1.807) is 54.6 Å². The summed E-state index contributed by atoms with van der Waals surface area (Å²) in [6.07, 6.45) is 1.70. The Morgan fingerprint density at radius 1 is 0.848 bits per heavy atom. The Kier molecular flexibility index (Phi) is 6.69. The van der Waals surface area contributed by atoms with Gasteiger partial charge >= 0.3 is 0 Å². The number of benzene rings is 3. The Hall–Kier alpha value is -3.33. The molecule has 0 radical (unpaired) electrons. The van der Waals surface area contributed by atoms with Crippen molar-refractivity contribution in [2.75, 3.05) is 10.6 Å². The van der Waals surface area contributed by atoms with Gasteiger partial charge in [-0.15, -0.1) is 11.8 Å². The summed E-state index contributed by atoms with van der Waals surface area (Å²) in [6.45, 7) is 0. The Bertz CT molecular complexity index is 1180. The van der Waals surface area contributed by atoms with E-state index in [2.05, 4.69) is 5.32 Å². The van der Waals surface area contributed by atoms with Crippen LogP contribution < -0.4 is 10.6 Å². The number of hydrogen-bond donors (Lipinski definition) is 2. The second-order valence-electron chi connectivity index (χ2n) is 7.53. The Morgan fingerprint density at radius 2 is 1.52 bits per heavy atom. The quantitative estimate of drug-likeness (QED) is 0.249. The third kappa shape index (κ3) is 5.36. The van der Waals surface area contributed by atoms with Crippen LogP contribution in [0.3, 0.4) is 0 Å². The minimum Gasteiger partial charge on any atom is -0.326 e. The van der Waals surface area contributed by atoms with Gasteiger partial charge in [0.1, 0.15) is 10.9 Å². The topological polar surface area (TPSA) is 58.2 Å². The highest BCUT2D eigenvalue weighted by Crippen LogP contribution is 2.38. The zero-order chi connectivity index (χ0) is 23.5. The number of nitrogens with one attached hydrogen (secondary N) is 2. The van der Waals surface area contributed by atoms with Crippen LogP contribution in [0, 0.1) is 29.2 Å². The summed E-state index contributed by atoms with van der Waals surface area (Å²) in [6, 6.07) is 15.3. The third-order valence-electron chi connectivity index (χ3n) is 5.00. The lowest BCUT2D eigenvalue weighted by atomic mass is 10.1. The van der Waals surface area contributed by atoms with E-state index in [9.17, 15) is 27.2 Å². The Balaban J connectivity index is 1.60. The number of thioether (sulfide) groups is 1. The predicted molar refractivity (Wildman–Crippen MR) is 118 cm³/mol. The fourth-order valence-electron chi connectivity index (χ4n) is 3.15. The minimum absolute atomic E-state index is 0.0145. The Morgan fingerprint density at radius 3 is 2.15 bits per heavy atom. The van der Waals surface area contributed by atoms with Gasteiger partial charge < -0.3 is 10.6 Å². The molecule has 4 nitrogen and oxygen atoms in total. The smallest absolute Gasteiger partial charge is 0.242 e. The molecule has 1 unspecified atom stereocenters. The Labute approximate surface area is 191 Å². The molecule has 0 spiro atoms. The van der Waals surface area contributed by atoms with Crippen molar-refractivity contribution in [2.45, 2.75) is 23.0 Å². The van der Waals surface area contributed by atoms with Crippen LogP contribution in [0.5, 0.6) is 0 Å². The van der Waals surface area contributed by atoms with Gasteiger partial charge in [0.2, 0.25) is 11.8 Å². The average molecular weight is 474 g/mol. The van der Waals surface area contributed by atoms with Crippen molar-refractivity contribution in [3.05, 3.63) is 89.5 Å². The zero-order valence-corrected chi connectivity index (χ0v) is 17.9. The van der Waals surface area contributed by atoms with Gasteiger partial charge in [0.05, 0.1) is 0 Å². The fraction of sp³-hybridized carbons (Fsp3) is 0.167. The summed E-state index contributed by atoms with van der Waals surface area (Å²) < 4.78 is 55.4. The minimum atomic E-state index is -1.69. The van der Waals surface area contributed by atoms with Gasteiger partial charge in [0.15, 0.2) is 23.3 Å². The zero-order valence-electron chi connectivity index (χ0n) is 17.1. The molecule has 3 aromatic carbocycles. The molecule has 0 heterocycles. The van der Waals surface area contributed by atoms with E-state index in [0.717, 1.165) is 24.6 Å². The highest BCUT2D eigenvalue weighted by atomic mass is 32.2. The van der Waals surface area contributed by atoms with Crippen LogP contribution >= 0.6 is 11.8 Å². The second-order valence-corrected chi connectivity index (χ2v) is 8.71. The molecule has 9 heteroatoms. The van der Waals surface area contributed by atoms with Gasteiger partial charge in [-0.2, -0.15) is 0 Å². The second kappa shape index (κ2) is 9.66. The van der Waals surface area contributed by atoms with Crippen molar-refractivity contribution in [3.63, 3.8) is 0 Å². The molecule has 1 aliphatic carbocycles. The van der Waals surface area contributed by atoms with Gasteiger partial charge in [-0.05, 0) is 36.6 Å². The van der Waals surface area contributed by atoms with E-state index >= 15 is 0 Å². The maximum Gasteiger partial charge on any atom is 0.242 e. The molecule has 1 atom stereocenters. The molecule has 3 aromatic rings. The molecular weight excluding hydrogens is 456 g/mol. The van der Waals surface area contributed by atoms with E-state index in [1.807, 2.05) is 5.32 Å². The molecule has 1 aliphatic rings. The first kappa shape index (κ1) is 22.8. The summed E-state index contributed by atoms with van der Waals surface area (Å²) in [4.78, 5) is 25.7. The molecule has 0 bridgehead atoms. The van der Waals surface area contributed by atoms with Gasteiger partial charge in [0, 0.05) is 22.6 Å². The molecule has 0 aromatic heterocycles. The summed E-state index contributed by atoms with van der Waals surface area (Å²) in [5, 5.41) is 3.80. The van der Waals surface area contributed by atoms with Gasteiger partial charge in [-0.25, -0.2) is 17.6 Å². The summed E-state index contributed by atoms with van der Waals surface area (Å²) in [5.74, 6) is -7.55. The molecule has 2 amide bonds.